The zero-order valence-electron chi connectivity index (χ0n) is 17.3. The van der Waals surface area contributed by atoms with E-state index in [-0.39, 0.29) is 35.0 Å². The SMILES string of the molecule is CCC1(Cc2ccc(F)cc2)NC(=O)/C(=C\c2c(OC)cccc2[N+](=O)[O-])N(C)C1=O. The maximum absolute atomic E-state index is 13.3. The van der Waals surface area contributed by atoms with Crippen LogP contribution in [0.4, 0.5) is 10.1 Å². The number of nitrogens with one attached hydrogen (secondary N) is 1. The van der Waals surface area contributed by atoms with E-state index >= 15 is 0 Å². The van der Waals surface area contributed by atoms with Crippen molar-refractivity contribution < 1.29 is 23.6 Å². The Morgan fingerprint density at radius 2 is 1.90 bits per heavy atom. The molecule has 1 saturated heterocycles. The number of likely N-dealkylation sites (N-methyl/N-ethyl adjacent to an activating group) is 1. The molecule has 31 heavy (non-hydrogen) atoms. The van der Waals surface area contributed by atoms with Crippen molar-refractivity contribution in [2.75, 3.05) is 14.2 Å². The Labute approximate surface area is 178 Å². The van der Waals surface area contributed by atoms with Crippen molar-refractivity contribution in [2.45, 2.75) is 25.3 Å². The fraction of sp³-hybridized carbons (Fsp3) is 0.273. The number of halogens is 1. The highest BCUT2D eigenvalue weighted by atomic mass is 19.1. The molecule has 0 bridgehead atoms. The van der Waals surface area contributed by atoms with Gasteiger partial charge in [0.25, 0.3) is 17.5 Å². The predicted octanol–water partition coefficient (Wildman–Crippen LogP) is 3.06. The quantitative estimate of drug-likeness (QED) is 0.434. The van der Waals surface area contributed by atoms with Crippen molar-refractivity contribution in [3.05, 3.63) is 75.2 Å². The van der Waals surface area contributed by atoms with E-state index in [0.29, 0.717) is 12.0 Å². The van der Waals surface area contributed by atoms with Gasteiger partial charge in [-0.3, -0.25) is 19.7 Å². The Bertz CT molecular complexity index is 1070. The number of piperazine rings is 1. The van der Waals surface area contributed by atoms with Crippen LogP contribution in [0.5, 0.6) is 5.75 Å². The number of nitro benzene ring substituents is 1. The van der Waals surface area contributed by atoms with Crippen LogP contribution < -0.4 is 10.1 Å². The summed E-state index contributed by atoms with van der Waals surface area (Å²) in [6, 6.07) is 10.0. The monoisotopic (exact) mass is 427 g/mol. The first-order chi connectivity index (χ1) is 14.7. The third-order valence-corrected chi connectivity index (χ3v) is 5.42. The van der Waals surface area contributed by atoms with E-state index in [1.54, 1.807) is 19.1 Å². The lowest BCUT2D eigenvalue weighted by Crippen LogP contribution is -2.65. The molecule has 1 aliphatic heterocycles. The van der Waals surface area contributed by atoms with Crippen LogP contribution >= 0.6 is 0 Å². The second kappa shape index (κ2) is 8.55. The van der Waals surface area contributed by atoms with Crippen LogP contribution in [0.1, 0.15) is 24.5 Å². The van der Waals surface area contributed by atoms with Gasteiger partial charge in [-0.1, -0.05) is 25.1 Å². The molecule has 0 spiro atoms. The smallest absolute Gasteiger partial charge is 0.280 e. The number of hydrogen-bond donors (Lipinski definition) is 1. The molecule has 0 aromatic heterocycles. The van der Waals surface area contributed by atoms with Gasteiger partial charge in [0.05, 0.1) is 17.6 Å². The van der Waals surface area contributed by atoms with Crippen LogP contribution in [0.2, 0.25) is 0 Å². The molecule has 1 N–H and O–H groups in total. The summed E-state index contributed by atoms with van der Waals surface area (Å²) in [5, 5.41) is 14.2. The molecule has 2 amide bonds. The molecule has 0 radical (unpaired) electrons. The van der Waals surface area contributed by atoms with Crippen LogP contribution in [0.15, 0.2) is 48.2 Å². The molecule has 8 nitrogen and oxygen atoms in total. The minimum atomic E-state index is -1.21. The van der Waals surface area contributed by atoms with E-state index in [1.165, 1.54) is 55.5 Å². The van der Waals surface area contributed by atoms with Gasteiger partial charge in [-0.2, -0.15) is 0 Å². The first kappa shape index (κ1) is 21.9. The molecule has 0 aliphatic carbocycles. The van der Waals surface area contributed by atoms with Gasteiger partial charge in [-0.15, -0.1) is 0 Å². The zero-order valence-corrected chi connectivity index (χ0v) is 17.3. The Kier molecular flexibility index (Phi) is 6.05. The number of ether oxygens (including phenoxy) is 1. The van der Waals surface area contributed by atoms with Crippen molar-refractivity contribution in [2.24, 2.45) is 0 Å². The van der Waals surface area contributed by atoms with Crippen molar-refractivity contribution in [3.63, 3.8) is 0 Å². The largest absolute Gasteiger partial charge is 0.496 e. The van der Waals surface area contributed by atoms with E-state index in [9.17, 15) is 24.1 Å². The van der Waals surface area contributed by atoms with E-state index < -0.39 is 22.2 Å². The van der Waals surface area contributed by atoms with Gasteiger partial charge in [0.1, 0.15) is 22.8 Å². The molecule has 9 heteroatoms. The van der Waals surface area contributed by atoms with E-state index in [4.69, 9.17) is 4.74 Å². The Balaban J connectivity index is 2.02. The highest BCUT2D eigenvalue weighted by molar-refractivity contribution is 6.09. The van der Waals surface area contributed by atoms with Gasteiger partial charge in [0, 0.05) is 19.5 Å². The number of benzene rings is 2. The summed E-state index contributed by atoms with van der Waals surface area (Å²) in [5.74, 6) is -1.11. The lowest BCUT2D eigenvalue weighted by molar-refractivity contribution is -0.385. The second-order valence-electron chi connectivity index (χ2n) is 7.24. The van der Waals surface area contributed by atoms with Gasteiger partial charge >= 0.3 is 0 Å². The molecule has 3 rings (SSSR count). The molecule has 0 saturated carbocycles. The lowest BCUT2D eigenvalue weighted by Gasteiger charge is -2.41. The van der Waals surface area contributed by atoms with Crippen LogP contribution in [0, 0.1) is 15.9 Å². The van der Waals surface area contributed by atoms with Gasteiger partial charge in [-0.05, 0) is 36.3 Å². The number of hydrogen-bond acceptors (Lipinski definition) is 5. The molecule has 1 heterocycles. The maximum Gasteiger partial charge on any atom is 0.280 e. The molecule has 162 valence electrons. The molecule has 2 aromatic carbocycles. The number of nitro groups is 1. The van der Waals surface area contributed by atoms with Gasteiger partial charge < -0.3 is 15.0 Å². The topological polar surface area (TPSA) is 102 Å². The third-order valence-electron chi connectivity index (χ3n) is 5.42. The number of nitrogens with zero attached hydrogens (tertiary/aromatic N) is 2. The fourth-order valence-corrected chi connectivity index (χ4v) is 3.67. The molecule has 1 fully saturated rings. The van der Waals surface area contributed by atoms with Gasteiger partial charge in [0.15, 0.2) is 0 Å². The standard InChI is InChI=1S/C22H22FN3O5/c1-4-22(13-14-8-10-15(23)11-9-14)21(28)25(2)18(20(27)24-22)12-16-17(26(29)30)6-5-7-19(16)31-3/h5-12H,4,13H2,1-3H3,(H,24,27)/b18-12+. The molecule has 1 unspecified atom stereocenters. The van der Waals surface area contributed by atoms with Crippen LogP contribution in [0.3, 0.4) is 0 Å². The average Bonchev–Trinajstić information content (AvgIpc) is 2.76. The minimum absolute atomic E-state index is 0.0409. The Morgan fingerprint density at radius 1 is 1.23 bits per heavy atom. The first-order valence-corrected chi connectivity index (χ1v) is 9.60. The summed E-state index contributed by atoms with van der Waals surface area (Å²) < 4.78 is 18.5. The predicted molar refractivity (Wildman–Crippen MR) is 112 cm³/mol. The van der Waals surface area contributed by atoms with Crippen LogP contribution in [0.25, 0.3) is 6.08 Å². The summed E-state index contributed by atoms with van der Waals surface area (Å²) in [5.41, 5.74) is -0.728. The summed E-state index contributed by atoms with van der Waals surface area (Å²) in [6.45, 7) is 1.77. The summed E-state index contributed by atoms with van der Waals surface area (Å²) in [6.07, 6.45) is 1.77. The lowest BCUT2D eigenvalue weighted by atomic mass is 9.84. The Morgan fingerprint density at radius 3 is 2.48 bits per heavy atom. The van der Waals surface area contributed by atoms with Crippen LogP contribution in [-0.2, 0) is 16.0 Å². The molecular weight excluding hydrogens is 405 g/mol. The highest BCUT2D eigenvalue weighted by Gasteiger charge is 2.46. The van der Waals surface area contributed by atoms with Crippen LogP contribution in [-0.4, -0.2) is 41.3 Å². The minimum Gasteiger partial charge on any atom is -0.496 e. The van der Waals surface area contributed by atoms with E-state index in [0.717, 1.165) is 0 Å². The maximum atomic E-state index is 13.3. The molecular formula is C22H22FN3O5. The normalized spacial score (nSPS) is 20.0. The van der Waals surface area contributed by atoms with E-state index in [2.05, 4.69) is 5.32 Å². The molecule has 2 aromatic rings. The summed E-state index contributed by atoms with van der Waals surface area (Å²) in [4.78, 5) is 38.4. The third kappa shape index (κ3) is 4.11. The van der Waals surface area contributed by atoms with Gasteiger partial charge in [-0.25, -0.2) is 4.39 Å². The zero-order chi connectivity index (χ0) is 22.8. The number of rotatable bonds is 6. The van der Waals surface area contributed by atoms with E-state index in [1.807, 2.05) is 0 Å². The molecule has 1 atom stereocenters. The van der Waals surface area contributed by atoms with Gasteiger partial charge in [0.2, 0.25) is 0 Å². The number of carbonyl (C=O) groups excluding carboxylic acids is 2. The first-order valence-electron chi connectivity index (χ1n) is 9.60. The summed E-state index contributed by atoms with van der Waals surface area (Å²) in [7, 11) is 2.81. The average molecular weight is 427 g/mol. The van der Waals surface area contributed by atoms with Crippen molar-refractivity contribution in [3.8, 4) is 5.75 Å². The number of methoxy groups -OCH3 is 1. The van der Waals surface area contributed by atoms with Crippen molar-refractivity contribution >= 4 is 23.6 Å². The molecule has 1 aliphatic rings. The number of carbonyl (C=O) groups is 2. The number of amides is 2. The fourth-order valence-electron chi connectivity index (χ4n) is 3.67. The highest BCUT2D eigenvalue weighted by Crippen LogP contribution is 2.33. The van der Waals surface area contributed by atoms with Crippen molar-refractivity contribution in [1.29, 1.82) is 0 Å². The summed E-state index contributed by atoms with van der Waals surface area (Å²) >= 11 is 0. The second-order valence-corrected chi connectivity index (χ2v) is 7.24. The van der Waals surface area contributed by atoms with Crippen molar-refractivity contribution in [1.82, 2.24) is 10.2 Å². The Hall–Kier alpha value is -3.75.